The van der Waals surface area contributed by atoms with Gasteiger partial charge in [0.1, 0.15) is 12.6 Å². The van der Waals surface area contributed by atoms with E-state index in [0.717, 1.165) is 34.2 Å². The van der Waals surface area contributed by atoms with E-state index in [1.54, 1.807) is 30.3 Å². The van der Waals surface area contributed by atoms with Crippen LogP contribution in [0.5, 0.6) is 0 Å². The Morgan fingerprint density at radius 2 is 1.50 bits per heavy atom. The van der Waals surface area contributed by atoms with Crippen molar-refractivity contribution in [2.75, 3.05) is 17.4 Å². The summed E-state index contributed by atoms with van der Waals surface area (Å²) in [6.07, 6.45) is 1.16. The zero-order chi connectivity index (χ0) is 29.4. The van der Waals surface area contributed by atoms with Crippen molar-refractivity contribution in [3.05, 3.63) is 94.5 Å². The SMILES string of the molecule is CCCNC(=O)C(CC)N(Cc1ccccc1C)C(=O)CN(c1cc(C)ccc1C)S(=O)(=O)c1ccc(C)cc1. The van der Waals surface area contributed by atoms with Crippen LogP contribution in [0.25, 0.3) is 0 Å². The number of sulfonamides is 1. The molecule has 0 saturated heterocycles. The average molecular weight is 564 g/mol. The maximum atomic E-state index is 14.2. The number of rotatable bonds is 12. The molecule has 214 valence electrons. The van der Waals surface area contributed by atoms with E-state index in [1.807, 2.05) is 77.9 Å². The number of carbonyl (C=O) groups excluding carboxylic acids is 2. The van der Waals surface area contributed by atoms with E-state index in [4.69, 9.17) is 0 Å². The summed E-state index contributed by atoms with van der Waals surface area (Å²) in [6.45, 7) is 11.6. The van der Waals surface area contributed by atoms with Crippen molar-refractivity contribution in [2.45, 2.75) is 71.9 Å². The van der Waals surface area contributed by atoms with Crippen molar-refractivity contribution in [1.29, 1.82) is 0 Å². The number of aryl methyl sites for hydroxylation is 4. The van der Waals surface area contributed by atoms with Crippen LogP contribution in [0.15, 0.2) is 71.6 Å². The van der Waals surface area contributed by atoms with Gasteiger partial charge in [-0.1, -0.05) is 67.9 Å². The van der Waals surface area contributed by atoms with Crippen LogP contribution in [0.4, 0.5) is 5.69 Å². The normalized spacial score (nSPS) is 12.1. The Bertz CT molecular complexity index is 1430. The summed E-state index contributed by atoms with van der Waals surface area (Å²) < 4.78 is 29.3. The van der Waals surface area contributed by atoms with E-state index in [-0.39, 0.29) is 17.3 Å². The molecule has 0 aliphatic rings. The molecule has 3 aromatic rings. The van der Waals surface area contributed by atoms with E-state index in [2.05, 4.69) is 5.32 Å². The molecule has 0 radical (unpaired) electrons. The van der Waals surface area contributed by atoms with Crippen LogP contribution < -0.4 is 9.62 Å². The number of nitrogens with zero attached hydrogens (tertiary/aromatic N) is 2. The van der Waals surface area contributed by atoms with Crippen molar-refractivity contribution in [1.82, 2.24) is 10.2 Å². The van der Waals surface area contributed by atoms with Crippen LogP contribution in [0, 0.1) is 27.7 Å². The highest BCUT2D eigenvalue weighted by molar-refractivity contribution is 7.92. The molecule has 3 aromatic carbocycles. The Hall–Kier alpha value is -3.65. The van der Waals surface area contributed by atoms with Crippen LogP contribution in [0.2, 0.25) is 0 Å². The average Bonchev–Trinajstić information content (AvgIpc) is 2.93. The van der Waals surface area contributed by atoms with Gasteiger partial charge >= 0.3 is 0 Å². The molecule has 0 saturated carbocycles. The van der Waals surface area contributed by atoms with Gasteiger partial charge in [0.15, 0.2) is 0 Å². The topological polar surface area (TPSA) is 86.8 Å². The number of amides is 2. The minimum absolute atomic E-state index is 0.102. The Morgan fingerprint density at radius 1 is 0.850 bits per heavy atom. The van der Waals surface area contributed by atoms with Crippen molar-refractivity contribution in [3.63, 3.8) is 0 Å². The standard InChI is InChI=1S/C32H41N3O4S/c1-7-19-33-32(37)29(8-2)34(21-27-12-10-9-11-25(27)5)31(36)22-35(30-20-24(4)13-16-26(30)6)40(38,39)28-17-14-23(3)15-18-28/h9-18,20,29H,7-8,19,21-22H2,1-6H3,(H,33,37). The predicted octanol–water partition coefficient (Wildman–Crippen LogP) is 5.45. The van der Waals surface area contributed by atoms with Gasteiger partial charge < -0.3 is 10.2 Å². The highest BCUT2D eigenvalue weighted by Gasteiger charge is 2.34. The first-order chi connectivity index (χ1) is 19.0. The largest absolute Gasteiger partial charge is 0.354 e. The molecule has 0 aliphatic heterocycles. The summed E-state index contributed by atoms with van der Waals surface area (Å²) >= 11 is 0. The molecular formula is C32H41N3O4S. The van der Waals surface area contributed by atoms with Gasteiger partial charge in [0.25, 0.3) is 10.0 Å². The molecule has 0 bridgehead atoms. The Morgan fingerprint density at radius 3 is 2.12 bits per heavy atom. The zero-order valence-electron chi connectivity index (χ0n) is 24.4. The Labute approximate surface area is 239 Å². The minimum atomic E-state index is -4.10. The van der Waals surface area contributed by atoms with Crippen molar-refractivity contribution in [3.8, 4) is 0 Å². The van der Waals surface area contributed by atoms with Crippen molar-refractivity contribution in [2.24, 2.45) is 0 Å². The lowest BCUT2D eigenvalue weighted by Gasteiger charge is -2.34. The first kappa shape index (κ1) is 30.9. The van der Waals surface area contributed by atoms with Gasteiger partial charge in [-0.05, 0) is 81.0 Å². The molecule has 8 heteroatoms. The molecule has 0 spiro atoms. The predicted molar refractivity (Wildman–Crippen MR) is 161 cm³/mol. The number of carbonyl (C=O) groups is 2. The molecule has 7 nitrogen and oxygen atoms in total. The van der Waals surface area contributed by atoms with Crippen LogP contribution in [-0.2, 0) is 26.2 Å². The number of hydrogen-bond acceptors (Lipinski definition) is 4. The molecule has 3 rings (SSSR count). The smallest absolute Gasteiger partial charge is 0.264 e. The van der Waals surface area contributed by atoms with Gasteiger partial charge in [-0.25, -0.2) is 8.42 Å². The maximum Gasteiger partial charge on any atom is 0.264 e. The Balaban J connectivity index is 2.11. The third-order valence-electron chi connectivity index (χ3n) is 7.06. The van der Waals surface area contributed by atoms with Crippen molar-refractivity contribution >= 4 is 27.5 Å². The van der Waals surface area contributed by atoms with Gasteiger partial charge in [-0.3, -0.25) is 13.9 Å². The summed E-state index contributed by atoms with van der Waals surface area (Å²) in [7, 11) is -4.10. The summed E-state index contributed by atoms with van der Waals surface area (Å²) in [4.78, 5) is 29.0. The van der Waals surface area contributed by atoms with Crippen LogP contribution >= 0.6 is 0 Å². The second kappa shape index (κ2) is 13.6. The van der Waals surface area contributed by atoms with E-state index in [1.165, 1.54) is 9.21 Å². The second-order valence-corrected chi connectivity index (χ2v) is 12.1. The fraction of sp³-hybridized carbons (Fsp3) is 0.375. The van der Waals surface area contributed by atoms with Gasteiger partial charge in [0.05, 0.1) is 10.6 Å². The molecule has 0 aliphatic carbocycles. The third-order valence-corrected chi connectivity index (χ3v) is 8.83. The minimum Gasteiger partial charge on any atom is -0.354 e. The van der Waals surface area contributed by atoms with Crippen LogP contribution in [0.3, 0.4) is 0 Å². The second-order valence-electron chi connectivity index (χ2n) is 10.3. The van der Waals surface area contributed by atoms with Crippen LogP contribution in [0.1, 0.15) is 54.5 Å². The monoisotopic (exact) mass is 563 g/mol. The molecule has 1 unspecified atom stereocenters. The summed E-state index contributed by atoms with van der Waals surface area (Å²) in [5.74, 6) is -0.690. The number of anilines is 1. The summed E-state index contributed by atoms with van der Waals surface area (Å²) in [5.41, 5.74) is 4.86. The number of hydrogen-bond donors (Lipinski definition) is 1. The lowest BCUT2D eigenvalue weighted by molar-refractivity contribution is -0.140. The molecule has 1 N–H and O–H groups in total. The van der Waals surface area contributed by atoms with E-state index < -0.39 is 28.5 Å². The fourth-order valence-electron chi connectivity index (χ4n) is 4.60. The van der Waals surface area contributed by atoms with E-state index >= 15 is 0 Å². The molecule has 1 atom stereocenters. The molecule has 2 amide bonds. The fourth-order valence-corrected chi connectivity index (χ4v) is 6.07. The zero-order valence-corrected chi connectivity index (χ0v) is 25.2. The highest BCUT2D eigenvalue weighted by atomic mass is 32.2. The molecule has 0 fully saturated rings. The molecule has 0 heterocycles. The van der Waals surface area contributed by atoms with Crippen LogP contribution in [-0.4, -0.2) is 44.3 Å². The van der Waals surface area contributed by atoms with Gasteiger partial charge in [-0.15, -0.1) is 0 Å². The number of benzene rings is 3. The lowest BCUT2D eigenvalue weighted by Crippen LogP contribution is -2.52. The number of nitrogens with one attached hydrogen (secondary N) is 1. The first-order valence-corrected chi connectivity index (χ1v) is 15.2. The first-order valence-electron chi connectivity index (χ1n) is 13.8. The van der Waals surface area contributed by atoms with Gasteiger partial charge in [-0.2, -0.15) is 0 Å². The van der Waals surface area contributed by atoms with Gasteiger partial charge in [0, 0.05) is 13.1 Å². The summed E-state index contributed by atoms with van der Waals surface area (Å²) in [5, 5.41) is 2.92. The Kier molecular flexibility index (Phi) is 10.5. The maximum absolute atomic E-state index is 14.2. The van der Waals surface area contributed by atoms with Crippen molar-refractivity contribution < 1.29 is 18.0 Å². The van der Waals surface area contributed by atoms with E-state index in [0.29, 0.717) is 18.7 Å². The molecular weight excluding hydrogens is 522 g/mol. The van der Waals surface area contributed by atoms with Gasteiger partial charge in [0.2, 0.25) is 11.8 Å². The molecule has 0 aromatic heterocycles. The highest BCUT2D eigenvalue weighted by Crippen LogP contribution is 2.29. The molecule has 40 heavy (non-hydrogen) atoms. The summed E-state index contributed by atoms with van der Waals surface area (Å²) in [6, 6.07) is 19.1. The third kappa shape index (κ3) is 7.30. The lowest BCUT2D eigenvalue weighted by atomic mass is 10.1. The quantitative estimate of drug-likeness (QED) is 0.318. The van der Waals surface area contributed by atoms with E-state index in [9.17, 15) is 18.0 Å².